The Morgan fingerprint density at radius 1 is 0.606 bits per heavy atom. The van der Waals surface area contributed by atoms with Crippen molar-refractivity contribution in [3.63, 3.8) is 0 Å². The summed E-state index contributed by atoms with van der Waals surface area (Å²) >= 11 is 0. The number of hydrogen-bond acceptors (Lipinski definition) is 5. The number of rotatable bonds is 20. The molecule has 2 aliphatic heterocycles. The van der Waals surface area contributed by atoms with Crippen LogP contribution in [0.1, 0.15) is 130 Å². The SMILES string of the molecule is CCCCCCCCOC1(C(C)OC(C)C2(OCCCCCCCC)CCCO2)CCCO1. The van der Waals surface area contributed by atoms with Crippen molar-refractivity contribution in [3.8, 4) is 0 Å². The average molecular weight is 471 g/mol. The zero-order valence-corrected chi connectivity index (χ0v) is 22.3. The minimum Gasteiger partial charge on any atom is -0.364 e. The minimum absolute atomic E-state index is 0.159. The number of unbranched alkanes of at least 4 members (excludes halogenated alkanes) is 10. The van der Waals surface area contributed by atoms with E-state index >= 15 is 0 Å². The molecule has 0 aromatic carbocycles. The first kappa shape index (κ1) is 29.0. The van der Waals surface area contributed by atoms with Crippen molar-refractivity contribution in [2.24, 2.45) is 0 Å². The lowest BCUT2D eigenvalue weighted by Crippen LogP contribution is -2.51. The lowest BCUT2D eigenvalue weighted by molar-refractivity contribution is -0.316. The summed E-state index contributed by atoms with van der Waals surface area (Å²) < 4.78 is 31.6. The third-order valence-electron chi connectivity index (χ3n) is 7.37. The summed E-state index contributed by atoms with van der Waals surface area (Å²) in [6, 6.07) is 0. The average Bonchev–Trinajstić information content (AvgIpc) is 3.49. The molecule has 33 heavy (non-hydrogen) atoms. The van der Waals surface area contributed by atoms with E-state index in [1.807, 2.05) is 0 Å². The van der Waals surface area contributed by atoms with E-state index in [0.717, 1.165) is 65.0 Å². The van der Waals surface area contributed by atoms with Crippen molar-refractivity contribution < 1.29 is 23.7 Å². The van der Waals surface area contributed by atoms with E-state index in [1.54, 1.807) is 0 Å². The Balaban J connectivity index is 1.79. The molecule has 0 amide bonds. The van der Waals surface area contributed by atoms with Gasteiger partial charge in [0.2, 0.25) is 0 Å². The largest absolute Gasteiger partial charge is 0.364 e. The second kappa shape index (κ2) is 16.5. The van der Waals surface area contributed by atoms with Crippen molar-refractivity contribution in [2.45, 2.75) is 154 Å². The van der Waals surface area contributed by atoms with Gasteiger partial charge in [0.25, 0.3) is 0 Å². The standard InChI is InChI=1S/C28H54O5/c1-5-7-9-11-13-15-21-29-27(19-17-23-31-27)25(3)33-26(4)28(20-18-24-32-28)30-22-16-14-12-10-8-6-2/h25-26H,5-24H2,1-4H3. The van der Waals surface area contributed by atoms with E-state index in [-0.39, 0.29) is 12.2 Å². The molecular formula is C28H54O5. The van der Waals surface area contributed by atoms with E-state index in [9.17, 15) is 0 Å². The number of hydrogen-bond donors (Lipinski definition) is 0. The van der Waals surface area contributed by atoms with Crippen LogP contribution in [0.2, 0.25) is 0 Å². The normalized spacial score (nSPS) is 27.3. The van der Waals surface area contributed by atoms with Gasteiger partial charge in [-0.1, -0.05) is 78.1 Å². The predicted molar refractivity (Wildman–Crippen MR) is 134 cm³/mol. The summed E-state index contributed by atoms with van der Waals surface area (Å²) in [5.74, 6) is -1.26. The smallest absolute Gasteiger partial charge is 0.194 e. The maximum Gasteiger partial charge on any atom is 0.194 e. The summed E-state index contributed by atoms with van der Waals surface area (Å²) in [4.78, 5) is 0. The summed E-state index contributed by atoms with van der Waals surface area (Å²) in [6.45, 7) is 11.7. The van der Waals surface area contributed by atoms with Gasteiger partial charge in [0, 0.05) is 12.8 Å². The summed E-state index contributed by atoms with van der Waals surface area (Å²) in [5, 5.41) is 0. The summed E-state index contributed by atoms with van der Waals surface area (Å²) in [7, 11) is 0. The van der Waals surface area contributed by atoms with Crippen LogP contribution in [0.5, 0.6) is 0 Å². The van der Waals surface area contributed by atoms with Gasteiger partial charge in [-0.25, -0.2) is 0 Å². The van der Waals surface area contributed by atoms with Crippen LogP contribution in [0.3, 0.4) is 0 Å². The van der Waals surface area contributed by atoms with Gasteiger partial charge >= 0.3 is 0 Å². The fraction of sp³-hybridized carbons (Fsp3) is 1.00. The third-order valence-corrected chi connectivity index (χ3v) is 7.37. The quantitative estimate of drug-likeness (QED) is 0.172. The first-order valence-corrected chi connectivity index (χ1v) is 14.3. The molecule has 0 aromatic heterocycles. The fourth-order valence-electron chi connectivity index (χ4n) is 5.14. The lowest BCUT2D eigenvalue weighted by Gasteiger charge is -2.40. The van der Waals surface area contributed by atoms with Gasteiger partial charge in [-0.3, -0.25) is 0 Å². The van der Waals surface area contributed by atoms with Crippen LogP contribution in [0.15, 0.2) is 0 Å². The summed E-state index contributed by atoms with van der Waals surface area (Å²) in [5.41, 5.74) is 0. The molecule has 2 heterocycles. The van der Waals surface area contributed by atoms with E-state index in [1.165, 1.54) is 64.2 Å². The first-order chi connectivity index (χ1) is 16.1. The highest BCUT2D eigenvalue weighted by Crippen LogP contribution is 2.37. The van der Waals surface area contributed by atoms with Crippen LogP contribution in [0.4, 0.5) is 0 Å². The monoisotopic (exact) mass is 470 g/mol. The van der Waals surface area contributed by atoms with Crippen LogP contribution in [0.25, 0.3) is 0 Å². The van der Waals surface area contributed by atoms with Crippen LogP contribution in [-0.2, 0) is 23.7 Å². The van der Waals surface area contributed by atoms with Gasteiger partial charge in [-0.2, -0.15) is 0 Å². The molecule has 4 atom stereocenters. The van der Waals surface area contributed by atoms with Gasteiger partial charge in [0.1, 0.15) is 12.2 Å². The third kappa shape index (κ3) is 9.76. The van der Waals surface area contributed by atoms with Gasteiger partial charge in [-0.05, 0) is 39.5 Å². The van der Waals surface area contributed by atoms with Gasteiger partial charge in [-0.15, -0.1) is 0 Å². The Morgan fingerprint density at radius 3 is 1.36 bits per heavy atom. The Kier molecular flexibility index (Phi) is 14.5. The molecule has 2 aliphatic rings. The topological polar surface area (TPSA) is 46.2 Å². The maximum atomic E-state index is 6.55. The molecule has 0 bridgehead atoms. The molecule has 0 saturated carbocycles. The second-order valence-electron chi connectivity index (χ2n) is 10.2. The van der Waals surface area contributed by atoms with E-state index in [4.69, 9.17) is 23.7 Å². The molecule has 0 N–H and O–H groups in total. The van der Waals surface area contributed by atoms with Gasteiger partial charge in [0.05, 0.1) is 26.4 Å². The van der Waals surface area contributed by atoms with Crippen LogP contribution in [-0.4, -0.2) is 50.2 Å². The Bertz CT molecular complexity index is 429. The summed E-state index contributed by atoms with van der Waals surface area (Å²) in [6.07, 6.45) is 18.6. The molecule has 0 radical (unpaired) electrons. The molecule has 0 aliphatic carbocycles. The predicted octanol–water partition coefficient (Wildman–Crippen LogP) is 7.55. The minimum atomic E-state index is -0.628. The van der Waals surface area contributed by atoms with Crippen molar-refractivity contribution in [1.29, 1.82) is 0 Å². The Morgan fingerprint density at radius 2 is 1.00 bits per heavy atom. The van der Waals surface area contributed by atoms with Gasteiger partial charge < -0.3 is 23.7 Å². The Labute approximate surface area is 204 Å². The van der Waals surface area contributed by atoms with Crippen molar-refractivity contribution in [2.75, 3.05) is 26.4 Å². The van der Waals surface area contributed by atoms with Crippen molar-refractivity contribution in [3.05, 3.63) is 0 Å². The van der Waals surface area contributed by atoms with Crippen LogP contribution < -0.4 is 0 Å². The van der Waals surface area contributed by atoms with Crippen molar-refractivity contribution in [1.82, 2.24) is 0 Å². The molecular weight excluding hydrogens is 416 g/mol. The number of ether oxygens (including phenoxy) is 5. The molecule has 5 heteroatoms. The van der Waals surface area contributed by atoms with Crippen molar-refractivity contribution >= 4 is 0 Å². The highest BCUT2D eigenvalue weighted by Gasteiger charge is 2.48. The first-order valence-electron chi connectivity index (χ1n) is 14.3. The van der Waals surface area contributed by atoms with Gasteiger partial charge in [0.15, 0.2) is 11.6 Å². The molecule has 2 fully saturated rings. The molecule has 0 aromatic rings. The lowest BCUT2D eigenvalue weighted by atomic mass is 10.0. The van der Waals surface area contributed by atoms with E-state index in [2.05, 4.69) is 27.7 Å². The highest BCUT2D eigenvalue weighted by atomic mass is 16.7. The molecule has 2 saturated heterocycles. The van der Waals surface area contributed by atoms with Crippen LogP contribution >= 0.6 is 0 Å². The molecule has 4 unspecified atom stereocenters. The molecule has 196 valence electrons. The van der Waals surface area contributed by atoms with E-state index < -0.39 is 11.6 Å². The zero-order chi connectivity index (χ0) is 23.8. The molecule has 5 nitrogen and oxygen atoms in total. The maximum absolute atomic E-state index is 6.55. The Hall–Kier alpha value is -0.200. The molecule has 2 rings (SSSR count). The molecule has 0 spiro atoms. The highest BCUT2D eigenvalue weighted by molar-refractivity contribution is 4.87. The van der Waals surface area contributed by atoms with Crippen LogP contribution in [0, 0.1) is 0 Å². The zero-order valence-electron chi connectivity index (χ0n) is 22.3. The second-order valence-corrected chi connectivity index (χ2v) is 10.2. The van der Waals surface area contributed by atoms with E-state index in [0.29, 0.717) is 0 Å². The fourth-order valence-corrected chi connectivity index (χ4v) is 5.14.